The van der Waals surface area contributed by atoms with Crippen molar-refractivity contribution in [3.8, 4) is 5.88 Å². The molecular formula is C10H15N7O. The molecular weight excluding hydrogens is 234 g/mol. The molecule has 0 saturated carbocycles. The summed E-state index contributed by atoms with van der Waals surface area (Å²) >= 11 is 0. The van der Waals surface area contributed by atoms with Gasteiger partial charge in [0.1, 0.15) is 18.3 Å². The molecule has 18 heavy (non-hydrogen) atoms. The van der Waals surface area contributed by atoms with E-state index in [1.165, 1.54) is 6.33 Å². The first-order chi connectivity index (χ1) is 8.70. The lowest BCUT2D eigenvalue weighted by Crippen LogP contribution is -2.08. The lowest BCUT2D eigenvalue weighted by Gasteiger charge is -2.09. The maximum absolute atomic E-state index is 5.88. The first-order valence-electron chi connectivity index (χ1n) is 5.52. The van der Waals surface area contributed by atoms with E-state index in [4.69, 9.17) is 10.5 Å². The Labute approximate surface area is 104 Å². The van der Waals surface area contributed by atoms with Crippen LogP contribution in [0.3, 0.4) is 0 Å². The van der Waals surface area contributed by atoms with E-state index in [1.54, 1.807) is 11.0 Å². The summed E-state index contributed by atoms with van der Waals surface area (Å²) in [6, 6.07) is 0. The molecule has 0 saturated heterocycles. The van der Waals surface area contributed by atoms with E-state index in [0.29, 0.717) is 36.4 Å². The van der Waals surface area contributed by atoms with Gasteiger partial charge in [-0.25, -0.2) is 9.97 Å². The van der Waals surface area contributed by atoms with E-state index in [9.17, 15) is 0 Å². The van der Waals surface area contributed by atoms with Crippen molar-refractivity contribution in [2.75, 3.05) is 17.7 Å². The minimum absolute atomic E-state index is 0.379. The van der Waals surface area contributed by atoms with Gasteiger partial charge in [-0.3, -0.25) is 4.68 Å². The summed E-state index contributed by atoms with van der Waals surface area (Å²) in [5.41, 5.74) is 6.26. The van der Waals surface area contributed by atoms with Gasteiger partial charge in [0, 0.05) is 7.05 Å². The molecule has 0 aliphatic rings. The van der Waals surface area contributed by atoms with Gasteiger partial charge in [-0.1, -0.05) is 0 Å². The maximum atomic E-state index is 5.88. The van der Waals surface area contributed by atoms with Crippen LogP contribution in [-0.2, 0) is 13.6 Å². The fourth-order valence-corrected chi connectivity index (χ4v) is 1.40. The summed E-state index contributed by atoms with van der Waals surface area (Å²) in [4.78, 5) is 12.1. The van der Waals surface area contributed by atoms with Gasteiger partial charge < -0.3 is 15.8 Å². The summed E-state index contributed by atoms with van der Waals surface area (Å²) in [5.74, 6) is 1.55. The quantitative estimate of drug-likeness (QED) is 0.779. The van der Waals surface area contributed by atoms with Crippen molar-refractivity contribution in [2.24, 2.45) is 7.05 Å². The number of nitrogens with zero attached hydrogens (tertiary/aromatic N) is 5. The minimum atomic E-state index is 0.379. The molecule has 0 atom stereocenters. The summed E-state index contributed by atoms with van der Waals surface area (Å²) in [7, 11) is 1.81. The Balaban J connectivity index is 2.07. The molecule has 0 aliphatic carbocycles. The van der Waals surface area contributed by atoms with Gasteiger partial charge in [0.05, 0.1) is 13.2 Å². The highest BCUT2D eigenvalue weighted by Gasteiger charge is 2.09. The molecule has 2 aromatic rings. The van der Waals surface area contributed by atoms with Gasteiger partial charge in [0.2, 0.25) is 5.88 Å². The van der Waals surface area contributed by atoms with Crippen LogP contribution < -0.4 is 15.8 Å². The number of nitrogens with two attached hydrogens (primary N) is 1. The second-order valence-corrected chi connectivity index (χ2v) is 3.56. The van der Waals surface area contributed by atoms with Gasteiger partial charge in [-0.05, 0) is 6.92 Å². The average molecular weight is 249 g/mol. The second kappa shape index (κ2) is 5.30. The van der Waals surface area contributed by atoms with Crippen molar-refractivity contribution in [3.63, 3.8) is 0 Å². The predicted molar refractivity (Wildman–Crippen MR) is 65.9 cm³/mol. The number of nitrogen functional groups attached to an aromatic ring is 1. The minimum Gasteiger partial charge on any atom is -0.476 e. The zero-order chi connectivity index (χ0) is 13.0. The summed E-state index contributed by atoms with van der Waals surface area (Å²) in [6.45, 7) is 2.81. The lowest BCUT2D eigenvalue weighted by molar-refractivity contribution is 0.328. The van der Waals surface area contributed by atoms with Crippen LogP contribution in [0.15, 0.2) is 12.7 Å². The molecule has 0 amide bonds. The van der Waals surface area contributed by atoms with Gasteiger partial charge in [0.25, 0.3) is 0 Å². The third-order valence-electron chi connectivity index (χ3n) is 2.19. The summed E-state index contributed by atoms with van der Waals surface area (Å²) in [5, 5.41) is 7.19. The van der Waals surface area contributed by atoms with Crippen molar-refractivity contribution in [1.82, 2.24) is 24.7 Å². The molecule has 0 bridgehead atoms. The Morgan fingerprint density at radius 3 is 2.89 bits per heavy atom. The first kappa shape index (κ1) is 12.1. The maximum Gasteiger partial charge on any atom is 0.242 e. The lowest BCUT2D eigenvalue weighted by atomic mass is 10.4. The van der Waals surface area contributed by atoms with Gasteiger partial charge in [0.15, 0.2) is 11.6 Å². The molecule has 0 spiro atoms. The topological polar surface area (TPSA) is 104 Å². The van der Waals surface area contributed by atoms with E-state index < -0.39 is 0 Å². The third kappa shape index (κ3) is 2.65. The SMILES string of the molecule is CCOc1ncnc(NCc2ncn(C)n2)c1N. The second-order valence-electron chi connectivity index (χ2n) is 3.56. The largest absolute Gasteiger partial charge is 0.476 e. The average Bonchev–Trinajstić information content (AvgIpc) is 2.77. The molecule has 96 valence electrons. The number of hydrogen-bond donors (Lipinski definition) is 2. The third-order valence-corrected chi connectivity index (χ3v) is 2.19. The van der Waals surface area contributed by atoms with E-state index >= 15 is 0 Å². The molecule has 3 N–H and O–H groups in total. The van der Waals surface area contributed by atoms with Crippen LogP contribution in [0.25, 0.3) is 0 Å². The van der Waals surface area contributed by atoms with Gasteiger partial charge in [-0.15, -0.1) is 0 Å². The Bertz CT molecular complexity index is 525. The van der Waals surface area contributed by atoms with E-state index in [0.717, 1.165) is 0 Å². The Kier molecular flexibility index (Phi) is 3.56. The molecule has 2 rings (SSSR count). The standard InChI is InChI=1S/C10H15N7O/c1-3-18-10-8(11)9(13-5-14-10)12-4-7-15-6-17(2)16-7/h5-6H,3-4,11H2,1-2H3,(H,12,13,14). The fraction of sp³-hybridized carbons (Fsp3) is 0.400. The molecule has 8 nitrogen and oxygen atoms in total. The van der Waals surface area contributed by atoms with Crippen LogP contribution in [-0.4, -0.2) is 31.3 Å². The van der Waals surface area contributed by atoms with Gasteiger partial charge >= 0.3 is 0 Å². The first-order valence-corrected chi connectivity index (χ1v) is 5.52. The number of anilines is 2. The smallest absolute Gasteiger partial charge is 0.242 e. The summed E-state index contributed by atoms with van der Waals surface area (Å²) in [6.07, 6.45) is 3.03. The van der Waals surface area contributed by atoms with Crippen LogP contribution in [0.2, 0.25) is 0 Å². The molecule has 0 radical (unpaired) electrons. The highest BCUT2D eigenvalue weighted by Crippen LogP contribution is 2.24. The van der Waals surface area contributed by atoms with E-state index in [1.807, 2.05) is 14.0 Å². The fourth-order valence-electron chi connectivity index (χ4n) is 1.40. The number of nitrogens with one attached hydrogen (secondary N) is 1. The monoisotopic (exact) mass is 249 g/mol. The number of aromatic nitrogens is 5. The number of ether oxygens (including phenoxy) is 1. The van der Waals surface area contributed by atoms with Crippen molar-refractivity contribution in [2.45, 2.75) is 13.5 Å². The zero-order valence-corrected chi connectivity index (χ0v) is 10.3. The van der Waals surface area contributed by atoms with Crippen LogP contribution in [0.1, 0.15) is 12.7 Å². The Morgan fingerprint density at radius 1 is 1.39 bits per heavy atom. The predicted octanol–water partition coefficient (Wildman–Crippen LogP) is 0.198. The van der Waals surface area contributed by atoms with Crippen molar-refractivity contribution < 1.29 is 4.74 Å². The van der Waals surface area contributed by atoms with Crippen molar-refractivity contribution >= 4 is 11.5 Å². The van der Waals surface area contributed by atoms with Crippen molar-refractivity contribution in [1.29, 1.82) is 0 Å². The van der Waals surface area contributed by atoms with Crippen LogP contribution >= 0.6 is 0 Å². The molecule has 0 unspecified atom stereocenters. The van der Waals surface area contributed by atoms with E-state index in [2.05, 4.69) is 25.4 Å². The number of rotatable bonds is 5. The van der Waals surface area contributed by atoms with Crippen LogP contribution in [0, 0.1) is 0 Å². The highest BCUT2D eigenvalue weighted by molar-refractivity contribution is 5.66. The van der Waals surface area contributed by atoms with E-state index in [-0.39, 0.29) is 0 Å². The molecule has 0 fully saturated rings. The molecule has 2 aromatic heterocycles. The van der Waals surface area contributed by atoms with Crippen molar-refractivity contribution in [3.05, 3.63) is 18.5 Å². The summed E-state index contributed by atoms with van der Waals surface area (Å²) < 4.78 is 6.91. The molecule has 2 heterocycles. The normalized spacial score (nSPS) is 10.3. The Morgan fingerprint density at radius 2 is 2.22 bits per heavy atom. The Hall–Kier alpha value is -2.38. The zero-order valence-electron chi connectivity index (χ0n) is 10.3. The molecule has 8 heteroatoms. The number of aryl methyl sites for hydroxylation is 1. The molecule has 0 aliphatic heterocycles. The number of hydrogen-bond acceptors (Lipinski definition) is 7. The highest BCUT2D eigenvalue weighted by atomic mass is 16.5. The van der Waals surface area contributed by atoms with Crippen LogP contribution in [0.5, 0.6) is 5.88 Å². The van der Waals surface area contributed by atoms with Gasteiger partial charge in [-0.2, -0.15) is 10.1 Å². The van der Waals surface area contributed by atoms with Crippen LogP contribution in [0.4, 0.5) is 11.5 Å². The molecule has 0 aromatic carbocycles.